The zero-order valence-corrected chi connectivity index (χ0v) is 18.6. The summed E-state index contributed by atoms with van der Waals surface area (Å²) in [6.07, 6.45) is 5.59. The molecule has 1 fully saturated rings. The smallest absolute Gasteiger partial charge is 0.256 e. The molecule has 2 heterocycles. The summed E-state index contributed by atoms with van der Waals surface area (Å²) >= 11 is 0. The summed E-state index contributed by atoms with van der Waals surface area (Å²) in [4.78, 5) is 35.2. The molecule has 1 aliphatic carbocycles. The fourth-order valence-electron chi connectivity index (χ4n) is 4.13. The number of nitrogens with one attached hydrogen (secondary N) is 1. The van der Waals surface area contributed by atoms with Crippen molar-refractivity contribution in [2.75, 3.05) is 20.6 Å². The van der Waals surface area contributed by atoms with E-state index in [9.17, 15) is 9.59 Å². The minimum atomic E-state index is -0.0523. The van der Waals surface area contributed by atoms with Crippen molar-refractivity contribution in [3.05, 3.63) is 40.7 Å². The first-order chi connectivity index (χ1) is 14.2. The second-order valence-electron chi connectivity index (χ2n) is 8.52. The van der Waals surface area contributed by atoms with Crippen molar-refractivity contribution in [1.82, 2.24) is 30.0 Å². The molecule has 8 nitrogen and oxygen atoms in total. The van der Waals surface area contributed by atoms with Gasteiger partial charge in [0.2, 0.25) is 5.91 Å². The highest BCUT2D eigenvalue weighted by molar-refractivity contribution is 5.94. The molecule has 0 aliphatic heterocycles. The van der Waals surface area contributed by atoms with E-state index in [-0.39, 0.29) is 24.3 Å². The lowest BCUT2D eigenvalue weighted by atomic mass is 9.79. The van der Waals surface area contributed by atoms with E-state index in [0.29, 0.717) is 23.9 Å². The SMILES string of the molecule is Cc1cc(C)n(CC(=O)NCC2CCC(c3nc(C)ncc3C(=O)N(C)C)CC2)n1. The third-order valence-electron chi connectivity index (χ3n) is 5.79. The lowest BCUT2D eigenvalue weighted by Crippen LogP contribution is -2.34. The number of rotatable bonds is 6. The van der Waals surface area contributed by atoms with Crippen LogP contribution in [0.5, 0.6) is 0 Å². The molecule has 1 saturated carbocycles. The van der Waals surface area contributed by atoms with E-state index in [1.54, 1.807) is 29.9 Å². The summed E-state index contributed by atoms with van der Waals surface area (Å²) < 4.78 is 1.74. The van der Waals surface area contributed by atoms with Crippen LogP contribution >= 0.6 is 0 Å². The monoisotopic (exact) mass is 412 g/mol. The molecule has 1 aliphatic rings. The van der Waals surface area contributed by atoms with Gasteiger partial charge in [0.1, 0.15) is 12.4 Å². The van der Waals surface area contributed by atoms with Gasteiger partial charge in [-0.25, -0.2) is 9.97 Å². The highest BCUT2D eigenvalue weighted by Crippen LogP contribution is 2.36. The molecule has 0 atom stereocenters. The molecule has 2 aromatic heterocycles. The van der Waals surface area contributed by atoms with Gasteiger partial charge in [0.25, 0.3) is 5.91 Å². The molecular formula is C22H32N6O2. The molecular weight excluding hydrogens is 380 g/mol. The van der Waals surface area contributed by atoms with Crippen LogP contribution in [0, 0.1) is 26.7 Å². The molecule has 30 heavy (non-hydrogen) atoms. The molecule has 0 radical (unpaired) electrons. The van der Waals surface area contributed by atoms with E-state index in [4.69, 9.17) is 0 Å². The summed E-state index contributed by atoms with van der Waals surface area (Å²) in [5.41, 5.74) is 3.39. The van der Waals surface area contributed by atoms with Crippen molar-refractivity contribution in [1.29, 1.82) is 0 Å². The van der Waals surface area contributed by atoms with Crippen LogP contribution in [0.25, 0.3) is 0 Å². The van der Waals surface area contributed by atoms with E-state index in [0.717, 1.165) is 42.8 Å². The average molecular weight is 413 g/mol. The summed E-state index contributed by atoms with van der Waals surface area (Å²) in [5.74, 6) is 1.34. The second kappa shape index (κ2) is 9.36. The molecule has 1 N–H and O–H groups in total. The maximum atomic E-state index is 12.5. The van der Waals surface area contributed by atoms with Crippen LogP contribution in [0.4, 0.5) is 0 Å². The number of aryl methyl sites for hydroxylation is 3. The van der Waals surface area contributed by atoms with Crippen LogP contribution in [-0.4, -0.2) is 57.1 Å². The third kappa shape index (κ3) is 5.23. The Morgan fingerprint density at radius 3 is 2.47 bits per heavy atom. The lowest BCUT2D eigenvalue weighted by Gasteiger charge is -2.29. The zero-order valence-electron chi connectivity index (χ0n) is 18.6. The molecule has 2 amide bonds. The Labute approximate surface area is 178 Å². The Morgan fingerprint density at radius 2 is 1.87 bits per heavy atom. The number of carbonyl (C=O) groups is 2. The van der Waals surface area contributed by atoms with Gasteiger partial charge in [-0.1, -0.05) is 0 Å². The Kier molecular flexibility index (Phi) is 6.84. The van der Waals surface area contributed by atoms with Crippen LogP contribution in [0.3, 0.4) is 0 Å². The molecule has 0 saturated heterocycles. The van der Waals surface area contributed by atoms with Crippen molar-refractivity contribution in [2.24, 2.45) is 5.92 Å². The number of nitrogens with zero attached hydrogens (tertiary/aromatic N) is 5. The van der Waals surface area contributed by atoms with Crippen LogP contribution < -0.4 is 5.32 Å². The van der Waals surface area contributed by atoms with Gasteiger partial charge in [0.05, 0.1) is 17.0 Å². The first kappa shape index (κ1) is 21.9. The number of hydrogen-bond donors (Lipinski definition) is 1. The minimum Gasteiger partial charge on any atom is -0.354 e. The zero-order chi connectivity index (χ0) is 21.8. The van der Waals surface area contributed by atoms with Crippen molar-refractivity contribution >= 4 is 11.8 Å². The lowest BCUT2D eigenvalue weighted by molar-refractivity contribution is -0.122. The largest absolute Gasteiger partial charge is 0.354 e. The maximum absolute atomic E-state index is 12.5. The summed E-state index contributed by atoms with van der Waals surface area (Å²) in [6, 6.07) is 1.97. The van der Waals surface area contributed by atoms with Crippen LogP contribution in [0.1, 0.15) is 64.9 Å². The van der Waals surface area contributed by atoms with Gasteiger partial charge in [-0.15, -0.1) is 0 Å². The van der Waals surface area contributed by atoms with Crippen LogP contribution in [-0.2, 0) is 11.3 Å². The number of aromatic nitrogens is 4. The van der Waals surface area contributed by atoms with Gasteiger partial charge in [-0.3, -0.25) is 14.3 Å². The molecule has 0 spiro atoms. The fraction of sp³-hybridized carbons (Fsp3) is 0.591. The minimum absolute atomic E-state index is 0.00591. The van der Waals surface area contributed by atoms with Gasteiger partial charge in [-0.2, -0.15) is 5.10 Å². The van der Waals surface area contributed by atoms with Gasteiger partial charge in [0.15, 0.2) is 0 Å². The molecule has 8 heteroatoms. The van der Waals surface area contributed by atoms with Crippen molar-refractivity contribution < 1.29 is 9.59 Å². The maximum Gasteiger partial charge on any atom is 0.256 e. The average Bonchev–Trinajstić information content (AvgIpc) is 3.02. The first-order valence-corrected chi connectivity index (χ1v) is 10.6. The number of amides is 2. The van der Waals surface area contributed by atoms with Gasteiger partial charge in [-0.05, 0) is 58.4 Å². The van der Waals surface area contributed by atoms with Gasteiger partial charge in [0, 0.05) is 38.4 Å². The molecule has 0 unspecified atom stereocenters. The number of hydrogen-bond acceptors (Lipinski definition) is 5. The van der Waals surface area contributed by atoms with E-state index < -0.39 is 0 Å². The third-order valence-corrected chi connectivity index (χ3v) is 5.79. The summed E-state index contributed by atoms with van der Waals surface area (Å²) in [6.45, 7) is 6.68. The molecule has 2 aromatic rings. The summed E-state index contributed by atoms with van der Waals surface area (Å²) in [7, 11) is 3.50. The predicted octanol–water partition coefficient (Wildman–Crippen LogP) is 2.39. The summed E-state index contributed by atoms with van der Waals surface area (Å²) in [5, 5.41) is 7.40. The highest BCUT2D eigenvalue weighted by Gasteiger charge is 2.28. The van der Waals surface area contributed by atoms with Crippen molar-refractivity contribution in [2.45, 2.75) is 58.9 Å². The highest BCUT2D eigenvalue weighted by atomic mass is 16.2. The molecule has 162 valence electrons. The van der Waals surface area contributed by atoms with Crippen LogP contribution in [0.15, 0.2) is 12.3 Å². The van der Waals surface area contributed by atoms with E-state index in [1.165, 1.54) is 0 Å². The molecule has 0 aromatic carbocycles. The van der Waals surface area contributed by atoms with Crippen LogP contribution in [0.2, 0.25) is 0 Å². The molecule has 3 rings (SSSR count). The van der Waals surface area contributed by atoms with E-state index in [2.05, 4.69) is 20.4 Å². The quantitative estimate of drug-likeness (QED) is 0.786. The van der Waals surface area contributed by atoms with Gasteiger partial charge >= 0.3 is 0 Å². The fourth-order valence-corrected chi connectivity index (χ4v) is 4.13. The topological polar surface area (TPSA) is 93.0 Å². The van der Waals surface area contributed by atoms with Gasteiger partial charge < -0.3 is 10.2 Å². The van der Waals surface area contributed by atoms with E-state index >= 15 is 0 Å². The predicted molar refractivity (Wildman–Crippen MR) is 114 cm³/mol. The Bertz CT molecular complexity index is 912. The second-order valence-corrected chi connectivity index (χ2v) is 8.52. The van der Waals surface area contributed by atoms with E-state index in [1.807, 2.05) is 26.8 Å². The first-order valence-electron chi connectivity index (χ1n) is 10.6. The molecule has 0 bridgehead atoms. The van der Waals surface area contributed by atoms with Crippen molar-refractivity contribution in [3.63, 3.8) is 0 Å². The normalized spacial score (nSPS) is 18.8. The Balaban J connectivity index is 1.54. The number of carbonyl (C=O) groups excluding carboxylic acids is 2. The standard InChI is InChI=1S/C22H32N6O2/c1-14-10-15(2)28(26-14)13-20(29)24-11-17-6-8-18(9-7-17)21-19(22(30)27(4)5)12-23-16(3)25-21/h10,12,17-18H,6-9,11,13H2,1-5H3,(H,24,29). The Hall–Kier alpha value is -2.77. The Morgan fingerprint density at radius 1 is 1.17 bits per heavy atom. The van der Waals surface area contributed by atoms with Crippen molar-refractivity contribution in [3.8, 4) is 0 Å².